The number of anilines is 1. The number of rotatable bonds is 9. The molecule has 0 radical (unpaired) electrons. The van der Waals surface area contributed by atoms with E-state index in [1.165, 1.54) is 57.4 Å². The van der Waals surface area contributed by atoms with Crippen molar-refractivity contribution in [2.75, 3.05) is 43.4 Å². The molecule has 158 valence electrons. The maximum Gasteiger partial charge on any atom is 0.225 e. The van der Waals surface area contributed by atoms with Crippen molar-refractivity contribution in [2.45, 2.75) is 58.5 Å². The fourth-order valence-electron chi connectivity index (χ4n) is 4.14. The summed E-state index contributed by atoms with van der Waals surface area (Å²) in [6.45, 7) is 9.98. The van der Waals surface area contributed by atoms with Crippen LogP contribution in [0.3, 0.4) is 0 Å². The van der Waals surface area contributed by atoms with Gasteiger partial charge in [-0.05, 0) is 50.4 Å². The monoisotopic (exact) mass is 426 g/mol. The molecule has 1 atom stereocenters. The topological polar surface area (TPSA) is 41.5 Å². The van der Waals surface area contributed by atoms with Crippen LogP contribution in [-0.4, -0.2) is 58.9 Å². The Bertz CT molecular complexity index is 560. The molecule has 1 aromatic rings. The smallest absolute Gasteiger partial charge is 0.225 e. The van der Waals surface area contributed by atoms with E-state index >= 15 is 0 Å². The molecule has 0 N–H and O–H groups in total. The lowest BCUT2D eigenvalue weighted by molar-refractivity contribution is 0.0128. The van der Waals surface area contributed by atoms with Crippen LogP contribution in [0, 0.1) is 11.8 Å². The average molecular weight is 427 g/mol. The lowest BCUT2D eigenvalue weighted by Crippen LogP contribution is -2.37. The molecule has 0 bridgehead atoms. The maximum absolute atomic E-state index is 6.22. The number of ether oxygens (including phenoxy) is 1. The van der Waals surface area contributed by atoms with E-state index in [9.17, 15) is 0 Å². The van der Waals surface area contributed by atoms with E-state index < -0.39 is 0 Å². The van der Waals surface area contributed by atoms with Gasteiger partial charge in [0.2, 0.25) is 5.95 Å². The minimum Gasteiger partial charge on any atom is -0.378 e. The summed E-state index contributed by atoms with van der Waals surface area (Å²) in [6.07, 6.45) is 11.0. The molecule has 5 nitrogen and oxygen atoms in total. The molecule has 2 saturated heterocycles. The summed E-state index contributed by atoms with van der Waals surface area (Å²) in [4.78, 5) is 11.0. The van der Waals surface area contributed by atoms with Crippen LogP contribution in [0.15, 0.2) is 12.4 Å². The molecule has 1 aromatic heterocycles. The van der Waals surface area contributed by atoms with Gasteiger partial charge in [-0.1, -0.05) is 37.4 Å². The van der Waals surface area contributed by atoms with Crippen molar-refractivity contribution in [3.8, 4) is 0 Å². The highest BCUT2D eigenvalue weighted by Crippen LogP contribution is 2.29. The molecule has 3 heterocycles. The Balaban J connectivity index is 1.30. The van der Waals surface area contributed by atoms with Crippen molar-refractivity contribution >= 4 is 29.5 Å². The highest BCUT2D eigenvalue weighted by molar-refractivity contribution is 7.97. The first kappa shape index (κ1) is 22.1. The fourth-order valence-corrected chi connectivity index (χ4v) is 5.15. The van der Waals surface area contributed by atoms with Crippen LogP contribution in [0.5, 0.6) is 0 Å². The maximum atomic E-state index is 6.22. The predicted molar refractivity (Wildman–Crippen MR) is 119 cm³/mol. The van der Waals surface area contributed by atoms with Crippen LogP contribution < -0.4 is 4.90 Å². The lowest BCUT2D eigenvalue weighted by atomic mass is 9.84. The molecule has 0 unspecified atom stereocenters. The van der Waals surface area contributed by atoms with E-state index in [1.54, 1.807) is 12.4 Å². The second-order valence-corrected chi connectivity index (χ2v) is 9.74. The van der Waals surface area contributed by atoms with Gasteiger partial charge in [-0.2, -0.15) is 0 Å². The third-order valence-electron chi connectivity index (χ3n) is 6.04. The zero-order valence-electron chi connectivity index (χ0n) is 17.4. The third-order valence-corrected chi connectivity index (χ3v) is 7.56. The van der Waals surface area contributed by atoms with Gasteiger partial charge in [0.25, 0.3) is 0 Å². The van der Waals surface area contributed by atoms with Crippen molar-refractivity contribution in [3.05, 3.63) is 17.4 Å². The molecular weight excluding hydrogens is 392 g/mol. The predicted octanol–water partition coefficient (Wildman–Crippen LogP) is 4.91. The van der Waals surface area contributed by atoms with Crippen molar-refractivity contribution in [3.63, 3.8) is 0 Å². The fraction of sp³-hybridized carbons (Fsp3) is 0.810. The van der Waals surface area contributed by atoms with E-state index in [-0.39, 0.29) is 0 Å². The average Bonchev–Trinajstić information content (AvgIpc) is 2.74. The number of hydrogen-bond donors (Lipinski definition) is 0. The summed E-state index contributed by atoms with van der Waals surface area (Å²) in [5, 5.41) is 0.595. The van der Waals surface area contributed by atoms with Gasteiger partial charge >= 0.3 is 0 Å². The Kier molecular flexibility index (Phi) is 9.15. The largest absolute Gasteiger partial charge is 0.378 e. The Morgan fingerprint density at radius 3 is 2.46 bits per heavy atom. The van der Waals surface area contributed by atoms with E-state index in [0.717, 1.165) is 31.6 Å². The van der Waals surface area contributed by atoms with Crippen LogP contribution >= 0.6 is 23.5 Å². The Hall–Kier alpha value is -0.560. The van der Waals surface area contributed by atoms with E-state index in [4.69, 9.17) is 16.3 Å². The van der Waals surface area contributed by atoms with Gasteiger partial charge in [0.15, 0.2) is 0 Å². The van der Waals surface area contributed by atoms with Gasteiger partial charge in [0.05, 0.1) is 23.5 Å². The SMILES string of the molecule is CCCSN1CCC(OCC[C@H](C)C2CCN(c3ncc(Cl)cn3)CC2)CC1. The second kappa shape index (κ2) is 11.6. The molecule has 2 aliphatic rings. The number of aromatic nitrogens is 2. The lowest BCUT2D eigenvalue weighted by Gasteiger charge is -2.35. The van der Waals surface area contributed by atoms with Gasteiger partial charge in [-0.25, -0.2) is 9.97 Å². The van der Waals surface area contributed by atoms with Gasteiger partial charge in [-0.3, -0.25) is 4.31 Å². The molecule has 3 rings (SSSR count). The van der Waals surface area contributed by atoms with Gasteiger partial charge in [-0.15, -0.1) is 0 Å². The Labute approximate surface area is 179 Å². The van der Waals surface area contributed by atoms with Crippen LogP contribution in [0.1, 0.15) is 52.4 Å². The number of piperidine rings is 2. The van der Waals surface area contributed by atoms with Crippen LogP contribution in [0.4, 0.5) is 5.95 Å². The summed E-state index contributed by atoms with van der Waals surface area (Å²) >= 11 is 7.89. The van der Waals surface area contributed by atoms with Crippen LogP contribution in [-0.2, 0) is 4.74 Å². The van der Waals surface area contributed by atoms with Gasteiger partial charge in [0.1, 0.15) is 0 Å². The second-order valence-electron chi connectivity index (χ2n) is 8.12. The summed E-state index contributed by atoms with van der Waals surface area (Å²) in [5.41, 5.74) is 0. The Morgan fingerprint density at radius 1 is 1.14 bits per heavy atom. The van der Waals surface area contributed by atoms with Gasteiger partial charge < -0.3 is 9.64 Å². The van der Waals surface area contributed by atoms with Gasteiger partial charge in [0, 0.05) is 38.5 Å². The highest BCUT2D eigenvalue weighted by atomic mass is 35.5. The van der Waals surface area contributed by atoms with Crippen molar-refractivity contribution in [2.24, 2.45) is 11.8 Å². The van der Waals surface area contributed by atoms with E-state index in [2.05, 4.69) is 33.0 Å². The molecule has 2 fully saturated rings. The van der Waals surface area contributed by atoms with Crippen molar-refractivity contribution in [1.82, 2.24) is 14.3 Å². The molecule has 0 saturated carbocycles. The minimum atomic E-state index is 0.467. The number of nitrogens with zero attached hydrogens (tertiary/aromatic N) is 4. The van der Waals surface area contributed by atoms with Crippen LogP contribution in [0.25, 0.3) is 0 Å². The summed E-state index contributed by atoms with van der Waals surface area (Å²) in [7, 11) is 0. The normalized spacial score (nSPS) is 21.2. The minimum absolute atomic E-state index is 0.467. The molecule has 0 spiro atoms. The highest BCUT2D eigenvalue weighted by Gasteiger charge is 2.25. The first-order valence-electron chi connectivity index (χ1n) is 10.9. The quantitative estimate of drug-likeness (QED) is 0.522. The molecule has 0 aliphatic carbocycles. The third kappa shape index (κ3) is 6.75. The molecule has 28 heavy (non-hydrogen) atoms. The molecule has 0 aromatic carbocycles. The molecule has 2 aliphatic heterocycles. The van der Waals surface area contributed by atoms with Crippen molar-refractivity contribution < 1.29 is 4.74 Å². The summed E-state index contributed by atoms with van der Waals surface area (Å²) < 4.78 is 8.74. The van der Waals surface area contributed by atoms with E-state index in [0.29, 0.717) is 17.0 Å². The van der Waals surface area contributed by atoms with E-state index in [1.807, 2.05) is 11.9 Å². The zero-order valence-corrected chi connectivity index (χ0v) is 18.9. The van der Waals surface area contributed by atoms with Crippen molar-refractivity contribution in [1.29, 1.82) is 0 Å². The van der Waals surface area contributed by atoms with Crippen LogP contribution in [0.2, 0.25) is 5.02 Å². The summed E-state index contributed by atoms with van der Waals surface area (Å²) in [6, 6.07) is 0. The standard InChI is InChI=1S/C21H35ClN4OS/c1-3-14-28-26-11-6-20(7-12-26)27-13-8-17(2)18-4-9-25(10-5-18)21-23-15-19(22)16-24-21/h15-18,20H,3-14H2,1-2H3/t17-/m0/s1. The Morgan fingerprint density at radius 2 is 1.82 bits per heavy atom. The first-order valence-corrected chi connectivity index (χ1v) is 12.2. The molecule has 0 amide bonds. The molecule has 7 heteroatoms. The first-order chi connectivity index (χ1) is 13.7. The number of halogens is 1. The summed E-state index contributed by atoms with van der Waals surface area (Å²) in [5.74, 6) is 3.54. The molecular formula is C21H35ClN4OS. The number of hydrogen-bond acceptors (Lipinski definition) is 6. The zero-order chi connectivity index (χ0) is 19.8.